The summed E-state index contributed by atoms with van der Waals surface area (Å²) in [5, 5.41) is 2.84. The average molecular weight is 315 g/mol. The van der Waals surface area contributed by atoms with E-state index < -0.39 is 0 Å². The predicted octanol–water partition coefficient (Wildman–Crippen LogP) is 2.78. The molecule has 0 aromatic carbocycles. The molecule has 0 spiro atoms. The minimum absolute atomic E-state index is 0.146. The Morgan fingerprint density at radius 2 is 2.28 bits per heavy atom. The lowest BCUT2D eigenvalue weighted by Crippen LogP contribution is -2.26. The molecule has 0 bridgehead atoms. The topological polar surface area (TPSA) is 51.2 Å². The smallest absolute Gasteiger partial charge is 0.271 e. The monoisotopic (exact) mass is 314 g/mol. The second-order valence-electron chi connectivity index (χ2n) is 4.22. The molecule has 0 radical (unpaired) electrons. The van der Waals surface area contributed by atoms with Crippen LogP contribution in [-0.4, -0.2) is 30.1 Å². The number of aromatic nitrogens is 1. The van der Waals surface area contributed by atoms with Gasteiger partial charge in [0.05, 0.1) is 6.10 Å². The number of hydrogen-bond acceptors (Lipinski definition) is 3. The van der Waals surface area contributed by atoms with Gasteiger partial charge in [-0.2, -0.15) is 0 Å². The maximum atomic E-state index is 11.8. The van der Waals surface area contributed by atoms with E-state index in [9.17, 15) is 4.79 Å². The van der Waals surface area contributed by atoms with Gasteiger partial charge in [-0.25, -0.2) is 4.98 Å². The third kappa shape index (κ3) is 5.60. The van der Waals surface area contributed by atoms with E-state index in [1.807, 2.05) is 13.8 Å². The van der Waals surface area contributed by atoms with Crippen molar-refractivity contribution < 1.29 is 9.53 Å². The molecule has 0 aliphatic rings. The van der Waals surface area contributed by atoms with Crippen LogP contribution in [0.5, 0.6) is 0 Å². The summed E-state index contributed by atoms with van der Waals surface area (Å²) in [4.78, 5) is 15.8. The largest absolute Gasteiger partial charge is 0.379 e. The Morgan fingerprint density at radius 3 is 2.94 bits per heavy atom. The van der Waals surface area contributed by atoms with E-state index >= 15 is 0 Å². The zero-order valence-corrected chi connectivity index (χ0v) is 12.4. The van der Waals surface area contributed by atoms with E-state index in [2.05, 4.69) is 26.2 Å². The van der Waals surface area contributed by atoms with Crippen molar-refractivity contribution in [3.8, 4) is 0 Å². The highest BCUT2D eigenvalue weighted by atomic mass is 79.9. The SMILES string of the molecule is CC(C)OCCCCNC(=O)c1ncccc1Br. The van der Waals surface area contributed by atoms with E-state index in [1.165, 1.54) is 0 Å². The number of carbonyl (C=O) groups is 1. The Kier molecular flexibility index (Phi) is 6.90. The lowest BCUT2D eigenvalue weighted by molar-refractivity contribution is 0.0754. The van der Waals surface area contributed by atoms with Crippen LogP contribution in [0.15, 0.2) is 22.8 Å². The number of nitrogens with one attached hydrogen (secondary N) is 1. The van der Waals surface area contributed by atoms with Crippen LogP contribution in [0.1, 0.15) is 37.2 Å². The van der Waals surface area contributed by atoms with Crippen LogP contribution in [0.2, 0.25) is 0 Å². The van der Waals surface area contributed by atoms with Crippen molar-refractivity contribution in [3.63, 3.8) is 0 Å². The first kappa shape index (κ1) is 15.1. The Labute approximate surface area is 116 Å². The minimum Gasteiger partial charge on any atom is -0.379 e. The zero-order valence-electron chi connectivity index (χ0n) is 10.8. The van der Waals surface area contributed by atoms with Crippen LogP contribution in [0.25, 0.3) is 0 Å². The average Bonchev–Trinajstić information content (AvgIpc) is 2.33. The fourth-order valence-corrected chi connectivity index (χ4v) is 1.82. The quantitative estimate of drug-likeness (QED) is 0.787. The zero-order chi connectivity index (χ0) is 13.4. The second-order valence-corrected chi connectivity index (χ2v) is 5.07. The molecule has 1 aromatic rings. The molecule has 0 aliphatic heterocycles. The number of carbonyl (C=O) groups excluding carboxylic acids is 1. The normalized spacial score (nSPS) is 10.7. The van der Waals surface area contributed by atoms with Crippen LogP contribution in [0, 0.1) is 0 Å². The molecular formula is C13H19BrN2O2. The first-order valence-electron chi connectivity index (χ1n) is 6.11. The fraction of sp³-hybridized carbons (Fsp3) is 0.538. The molecule has 18 heavy (non-hydrogen) atoms. The predicted molar refractivity (Wildman–Crippen MR) is 74.6 cm³/mol. The summed E-state index contributed by atoms with van der Waals surface area (Å²) in [7, 11) is 0. The van der Waals surface area contributed by atoms with Crippen LogP contribution in [0.4, 0.5) is 0 Å². The van der Waals surface area contributed by atoms with E-state index in [4.69, 9.17) is 4.74 Å². The van der Waals surface area contributed by atoms with Gasteiger partial charge in [-0.3, -0.25) is 4.79 Å². The number of pyridine rings is 1. The first-order chi connectivity index (χ1) is 8.61. The van der Waals surface area contributed by atoms with Gasteiger partial charge in [0.25, 0.3) is 5.91 Å². The van der Waals surface area contributed by atoms with Crippen molar-refractivity contribution in [1.82, 2.24) is 10.3 Å². The van der Waals surface area contributed by atoms with Gasteiger partial charge in [0, 0.05) is 23.8 Å². The third-order valence-electron chi connectivity index (χ3n) is 2.28. The highest BCUT2D eigenvalue weighted by Crippen LogP contribution is 2.12. The molecule has 5 heteroatoms. The van der Waals surface area contributed by atoms with Crippen molar-refractivity contribution in [3.05, 3.63) is 28.5 Å². The Bertz CT molecular complexity index is 383. The number of nitrogens with zero attached hydrogens (tertiary/aromatic N) is 1. The Morgan fingerprint density at radius 1 is 1.50 bits per heavy atom. The first-order valence-corrected chi connectivity index (χ1v) is 6.91. The van der Waals surface area contributed by atoms with Crippen molar-refractivity contribution in [1.29, 1.82) is 0 Å². The molecule has 1 N–H and O–H groups in total. The molecule has 4 nitrogen and oxygen atoms in total. The second kappa shape index (κ2) is 8.21. The highest BCUT2D eigenvalue weighted by Gasteiger charge is 2.09. The molecule has 0 unspecified atom stereocenters. The van der Waals surface area contributed by atoms with Gasteiger partial charge in [0.1, 0.15) is 5.69 Å². The van der Waals surface area contributed by atoms with Crippen LogP contribution in [-0.2, 0) is 4.74 Å². The molecular weight excluding hydrogens is 296 g/mol. The number of hydrogen-bond donors (Lipinski definition) is 1. The molecule has 0 fully saturated rings. The molecule has 1 aromatic heterocycles. The van der Waals surface area contributed by atoms with Gasteiger partial charge in [0.2, 0.25) is 0 Å². The van der Waals surface area contributed by atoms with E-state index in [1.54, 1.807) is 18.3 Å². The summed E-state index contributed by atoms with van der Waals surface area (Å²) in [5.41, 5.74) is 0.427. The molecule has 0 saturated heterocycles. The third-order valence-corrected chi connectivity index (χ3v) is 2.92. The van der Waals surface area contributed by atoms with Crippen LogP contribution in [0.3, 0.4) is 0 Å². The standard InChI is InChI=1S/C13H19BrN2O2/c1-10(2)18-9-4-3-7-16-13(17)12-11(14)6-5-8-15-12/h5-6,8,10H,3-4,7,9H2,1-2H3,(H,16,17). The van der Waals surface area contributed by atoms with Crippen molar-refractivity contribution in [2.45, 2.75) is 32.8 Å². The summed E-state index contributed by atoms with van der Waals surface area (Å²) in [6, 6.07) is 3.59. The van der Waals surface area contributed by atoms with Crippen molar-refractivity contribution in [2.24, 2.45) is 0 Å². The molecule has 0 atom stereocenters. The van der Waals surface area contributed by atoms with E-state index in [0.717, 1.165) is 19.4 Å². The number of amides is 1. The van der Waals surface area contributed by atoms with Gasteiger partial charge < -0.3 is 10.1 Å². The summed E-state index contributed by atoms with van der Waals surface area (Å²) in [6.07, 6.45) is 3.73. The molecule has 1 rings (SSSR count). The number of ether oxygens (including phenoxy) is 1. The van der Waals surface area contributed by atoms with Gasteiger partial charge in [0.15, 0.2) is 0 Å². The maximum Gasteiger partial charge on any atom is 0.271 e. The fourth-order valence-electron chi connectivity index (χ4n) is 1.38. The lowest BCUT2D eigenvalue weighted by Gasteiger charge is -2.08. The maximum absolute atomic E-state index is 11.8. The molecule has 1 amide bonds. The molecule has 100 valence electrons. The van der Waals surface area contributed by atoms with Crippen LogP contribution >= 0.6 is 15.9 Å². The summed E-state index contributed by atoms with van der Waals surface area (Å²) >= 11 is 3.30. The Hall–Kier alpha value is -0.940. The van der Waals surface area contributed by atoms with Gasteiger partial charge in [-0.15, -0.1) is 0 Å². The summed E-state index contributed by atoms with van der Waals surface area (Å²) in [6.45, 7) is 5.41. The summed E-state index contributed by atoms with van der Waals surface area (Å²) in [5.74, 6) is -0.146. The van der Waals surface area contributed by atoms with Gasteiger partial charge in [-0.1, -0.05) is 0 Å². The van der Waals surface area contributed by atoms with E-state index in [0.29, 0.717) is 16.7 Å². The molecule has 1 heterocycles. The summed E-state index contributed by atoms with van der Waals surface area (Å²) < 4.78 is 6.13. The highest BCUT2D eigenvalue weighted by molar-refractivity contribution is 9.10. The van der Waals surface area contributed by atoms with E-state index in [-0.39, 0.29) is 12.0 Å². The van der Waals surface area contributed by atoms with Gasteiger partial charge >= 0.3 is 0 Å². The number of unbranched alkanes of at least 4 members (excludes halogenated alkanes) is 1. The number of rotatable bonds is 7. The van der Waals surface area contributed by atoms with Crippen molar-refractivity contribution >= 4 is 21.8 Å². The Balaban J connectivity index is 2.20. The molecule has 0 aliphatic carbocycles. The van der Waals surface area contributed by atoms with Crippen LogP contribution < -0.4 is 5.32 Å². The molecule has 0 saturated carbocycles. The lowest BCUT2D eigenvalue weighted by atomic mass is 10.3. The minimum atomic E-state index is -0.146. The van der Waals surface area contributed by atoms with Crippen molar-refractivity contribution in [2.75, 3.05) is 13.2 Å². The number of halogens is 1. The van der Waals surface area contributed by atoms with Gasteiger partial charge in [-0.05, 0) is 54.8 Å².